The minimum absolute atomic E-state index is 0.107. The van der Waals surface area contributed by atoms with Gasteiger partial charge < -0.3 is 0 Å². The topological polar surface area (TPSA) is 25.8 Å². The normalized spacial score (nSPS) is 11.6. The van der Waals surface area contributed by atoms with E-state index in [2.05, 4.69) is 92.5 Å². The number of fused-ring (bicyclic) bond motifs is 1. The van der Waals surface area contributed by atoms with E-state index >= 15 is 0 Å². The molecule has 0 saturated heterocycles. The molecule has 3 aromatic carbocycles. The molecule has 0 radical (unpaired) electrons. The van der Waals surface area contributed by atoms with Crippen LogP contribution in [0.2, 0.25) is 0 Å². The molecule has 0 fully saturated rings. The van der Waals surface area contributed by atoms with Gasteiger partial charge in [-0.15, -0.1) is 0 Å². The van der Waals surface area contributed by atoms with Gasteiger partial charge in [0.2, 0.25) is 0 Å². The molecule has 0 atom stereocenters. The van der Waals surface area contributed by atoms with E-state index in [1.165, 1.54) is 22.1 Å². The number of hydrogen-bond acceptors (Lipinski definition) is 2. The van der Waals surface area contributed by atoms with E-state index in [-0.39, 0.29) is 5.41 Å². The van der Waals surface area contributed by atoms with Crippen LogP contribution >= 0.6 is 0 Å². The molecule has 2 heteroatoms. The molecule has 2 nitrogen and oxygen atoms in total. The van der Waals surface area contributed by atoms with Gasteiger partial charge >= 0.3 is 0 Å². The largest absolute Gasteiger partial charge is 0.256 e. The molecule has 0 amide bonds. The van der Waals surface area contributed by atoms with Crippen molar-refractivity contribution in [2.24, 2.45) is 0 Å². The number of benzene rings is 3. The lowest BCUT2D eigenvalue weighted by molar-refractivity contribution is 0.590. The summed E-state index contributed by atoms with van der Waals surface area (Å²) in [5, 5.41) is 1.17. The van der Waals surface area contributed by atoms with Crippen LogP contribution in [-0.2, 0) is 5.41 Å². The van der Waals surface area contributed by atoms with Crippen LogP contribution in [0.15, 0.2) is 103 Å². The van der Waals surface area contributed by atoms with Crippen molar-refractivity contribution in [3.8, 4) is 33.5 Å². The fraction of sp³-hybridized carbons (Fsp3) is 0.133. The van der Waals surface area contributed by atoms with Crippen molar-refractivity contribution in [2.75, 3.05) is 0 Å². The van der Waals surface area contributed by atoms with E-state index in [0.717, 1.165) is 27.9 Å². The van der Waals surface area contributed by atoms with Crippen molar-refractivity contribution in [1.82, 2.24) is 9.97 Å². The molecule has 32 heavy (non-hydrogen) atoms. The molecule has 0 aliphatic carbocycles. The van der Waals surface area contributed by atoms with E-state index in [1.807, 2.05) is 36.7 Å². The quantitative estimate of drug-likeness (QED) is 0.299. The van der Waals surface area contributed by atoms with Crippen LogP contribution in [0, 0.1) is 0 Å². The summed E-state index contributed by atoms with van der Waals surface area (Å²) >= 11 is 0. The summed E-state index contributed by atoms with van der Waals surface area (Å²) in [6, 6.07) is 32.0. The maximum atomic E-state index is 4.80. The molecular weight excluding hydrogens is 388 g/mol. The molecule has 0 aliphatic rings. The van der Waals surface area contributed by atoms with Crippen LogP contribution in [0.25, 0.3) is 44.4 Å². The summed E-state index contributed by atoms with van der Waals surface area (Å²) in [7, 11) is 0. The van der Waals surface area contributed by atoms with E-state index in [4.69, 9.17) is 4.98 Å². The highest BCUT2D eigenvalue weighted by Crippen LogP contribution is 2.36. The Bertz CT molecular complexity index is 1400. The molecule has 0 bridgehead atoms. The Morgan fingerprint density at radius 2 is 1.28 bits per heavy atom. The Labute approximate surface area is 189 Å². The van der Waals surface area contributed by atoms with Gasteiger partial charge in [0.25, 0.3) is 0 Å². The first-order valence-corrected chi connectivity index (χ1v) is 11.0. The number of nitrogens with zero attached hydrogens (tertiary/aromatic N) is 2. The molecule has 0 aliphatic heterocycles. The van der Waals surface area contributed by atoms with Crippen molar-refractivity contribution in [2.45, 2.75) is 26.2 Å². The number of aromatic nitrogens is 2. The minimum Gasteiger partial charge on any atom is -0.256 e. The summed E-state index contributed by atoms with van der Waals surface area (Å²) in [6.07, 6.45) is 3.71. The van der Waals surface area contributed by atoms with Gasteiger partial charge in [-0.25, -0.2) is 0 Å². The van der Waals surface area contributed by atoms with Crippen molar-refractivity contribution in [3.63, 3.8) is 0 Å². The highest BCUT2D eigenvalue weighted by atomic mass is 14.7. The standard InChI is InChI=1S/C30H26N2/c1-30(2,3)24-12-7-10-22(20-24)25-15-16-26(29-27(25)13-8-18-32-29)21-9-6-11-23(19-21)28-14-4-5-17-31-28/h4-20H,1-3H3. The molecule has 5 aromatic rings. The third kappa shape index (κ3) is 3.80. The highest BCUT2D eigenvalue weighted by molar-refractivity contribution is 6.03. The lowest BCUT2D eigenvalue weighted by Crippen LogP contribution is -2.10. The first-order chi connectivity index (χ1) is 15.5. The summed E-state index contributed by atoms with van der Waals surface area (Å²) < 4.78 is 0. The van der Waals surface area contributed by atoms with Crippen LogP contribution in [-0.4, -0.2) is 9.97 Å². The fourth-order valence-corrected chi connectivity index (χ4v) is 4.19. The average molecular weight is 415 g/mol. The van der Waals surface area contributed by atoms with Gasteiger partial charge in [0.1, 0.15) is 0 Å². The Balaban J connectivity index is 1.66. The van der Waals surface area contributed by atoms with Gasteiger partial charge in [0, 0.05) is 28.9 Å². The zero-order chi connectivity index (χ0) is 22.1. The Kier molecular flexibility index (Phi) is 5.07. The molecule has 0 saturated carbocycles. The predicted molar refractivity (Wildman–Crippen MR) is 135 cm³/mol. The lowest BCUT2D eigenvalue weighted by Gasteiger charge is -2.20. The van der Waals surface area contributed by atoms with Gasteiger partial charge in [-0.05, 0) is 51.9 Å². The average Bonchev–Trinajstić information content (AvgIpc) is 2.83. The van der Waals surface area contributed by atoms with E-state index in [9.17, 15) is 0 Å². The van der Waals surface area contributed by atoms with Gasteiger partial charge in [-0.3, -0.25) is 9.97 Å². The third-order valence-corrected chi connectivity index (χ3v) is 5.94. The molecule has 2 heterocycles. The zero-order valence-electron chi connectivity index (χ0n) is 18.7. The second-order valence-corrected chi connectivity index (χ2v) is 9.19. The zero-order valence-corrected chi connectivity index (χ0v) is 18.7. The first-order valence-electron chi connectivity index (χ1n) is 11.0. The lowest BCUT2D eigenvalue weighted by atomic mass is 9.85. The number of rotatable bonds is 3. The molecular formula is C30H26N2. The molecule has 0 N–H and O–H groups in total. The number of hydrogen-bond donors (Lipinski definition) is 0. The van der Waals surface area contributed by atoms with Crippen LogP contribution in [0.4, 0.5) is 0 Å². The van der Waals surface area contributed by atoms with Gasteiger partial charge in [0.15, 0.2) is 0 Å². The smallest absolute Gasteiger partial charge is 0.0786 e. The summed E-state index contributed by atoms with van der Waals surface area (Å²) in [5.41, 5.74) is 9.25. The molecule has 156 valence electrons. The summed E-state index contributed by atoms with van der Waals surface area (Å²) in [4.78, 5) is 9.31. The van der Waals surface area contributed by atoms with E-state index in [0.29, 0.717) is 0 Å². The SMILES string of the molecule is CC(C)(C)c1cccc(-c2ccc(-c3cccc(-c4ccccn4)c3)c3ncccc23)c1. The van der Waals surface area contributed by atoms with Crippen molar-refractivity contribution >= 4 is 10.9 Å². The van der Waals surface area contributed by atoms with Crippen molar-refractivity contribution in [1.29, 1.82) is 0 Å². The molecule has 0 unspecified atom stereocenters. The fourth-order valence-electron chi connectivity index (χ4n) is 4.19. The molecule has 5 rings (SSSR count). The van der Waals surface area contributed by atoms with Gasteiger partial charge in [0.05, 0.1) is 11.2 Å². The van der Waals surface area contributed by atoms with Gasteiger partial charge in [-0.1, -0.05) is 87.5 Å². The highest BCUT2D eigenvalue weighted by Gasteiger charge is 2.16. The monoisotopic (exact) mass is 414 g/mol. The van der Waals surface area contributed by atoms with Crippen molar-refractivity contribution < 1.29 is 0 Å². The first kappa shape index (κ1) is 20.1. The van der Waals surface area contributed by atoms with Gasteiger partial charge in [-0.2, -0.15) is 0 Å². The van der Waals surface area contributed by atoms with E-state index in [1.54, 1.807) is 0 Å². The molecule has 0 spiro atoms. The maximum absolute atomic E-state index is 4.80. The minimum atomic E-state index is 0.107. The second kappa shape index (κ2) is 8.05. The van der Waals surface area contributed by atoms with Crippen LogP contribution in [0.1, 0.15) is 26.3 Å². The second-order valence-electron chi connectivity index (χ2n) is 9.19. The van der Waals surface area contributed by atoms with E-state index < -0.39 is 0 Å². The summed E-state index contributed by atoms with van der Waals surface area (Å²) in [5.74, 6) is 0. The maximum Gasteiger partial charge on any atom is 0.0786 e. The Hall–Kier alpha value is -3.78. The van der Waals surface area contributed by atoms with Crippen molar-refractivity contribution in [3.05, 3.63) is 109 Å². The van der Waals surface area contributed by atoms with Crippen LogP contribution in [0.5, 0.6) is 0 Å². The Morgan fingerprint density at radius 3 is 2.06 bits per heavy atom. The third-order valence-electron chi connectivity index (χ3n) is 5.94. The number of pyridine rings is 2. The van der Waals surface area contributed by atoms with Crippen LogP contribution in [0.3, 0.4) is 0 Å². The molecule has 2 aromatic heterocycles. The predicted octanol–water partition coefficient (Wildman–Crippen LogP) is 7.93. The Morgan fingerprint density at radius 1 is 0.562 bits per heavy atom. The van der Waals surface area contributed by atoms with Crippen LogP contribution < -0.4 is 0 Å². The summed E-state index contributed by atoms with van der Waals surface area (Å²) in [6.45, 7) is 6.76.